The molecule has 0 aliphatic carbocycles. The zero-order valence-electron chi connectivity index (χ0n) is 50.0. The number of ether oxygens (including phenoxy) is 3. The molecule has 0 saturated carbocycles. The van der Waals surface area contributed by atoms with Gasteiger partial charge in [-0.1, -0.05) is 36.0 Å². The number of nitrogen functional groups attached to an aromatic ring is 1. The molecule has 3 aliphatic heterocycles. The first kappa shape index (κ1) is 64.8. The Morgan fingerprint density at radius 1 is 0.527 bits per heavy atom. The van der Waals surface area contributed by atoms with E-state index in [1.54, 1.807) is 53.6 Å². The number of hydrazine groups is 1. The number of aryl methyl sites for hydroxylation is 2. The molecule has 11 aromatic rings. The van der Waals surface area contributed by atoms with E-state index in [0.29, 0.717) is 118 Å². The van der Waals surface area contributed by atoms with Crippen LogP contribution in [0.2, 0.25) is 0 Å². The van der Waals surface area contributed by atoms with Crippen LogP contribution in [0.1, 0.15) is 44.9 Å². The zero-order valence-corrected chi connectivity index (χ0v) is 53.2. The summed E-state index contributed by atoms with van der Waals surface area (Å²) in [5.74, 6) is 16.9. The van der Waals surface area contributed by atoms with Crippen LogP contribution in [0.4, 0.5) is 80.0 Å². The number of nitrogens with two attached hydrogens (primary N) is 1. The highest BCUT2D eigenvalue weighted by atomic mass is 79.9. The Balaban J connectivity index is 0.000000135. The summed E-state index contributed by atoms with van der Waals surface area (Å²) in [4.78, 5) is 23.9. The number of para-hydroxylation sites is 3. The van der Waals surface area contributed by atoms with Crippen LogP contribution in [0.15, 0.2) is 118 Å². The molecular formula is C64H52Br2F9N15O3. The Morgan fingerprint density at radius 2 is 0.946 bits per heavy atom. The fourth-order valence-corrected chi connectivity index (χ4v) is 11.0. The first-order chi connectivity index (χ1) is 44.2. The van der Waals surface area contributed by atoms with Gasteiger partial charge in [-0.2, -0.15) is 41.3 Å². The van der Waals surface area contributed by atoms with Gasteiger partial charge in [-0.15, -0.1) is 26.8 Å². The normalized spacial score (nSPS) is 13.8. The molecule has 0 unspecified atom stereocenters. The molecule has 14 rings (SSSR count). The third kappa shape index (κ3) is 12.7. The van der Waals surface area contributed by atoms with Crippen molar-refractivity contribution in [2.75, 3.05) is 59.6 Å². The number of hydrogen-bond acceptors (Lipinski definition) is 16. The molecule has 0 atom stereocenters. The van der Waals surface area contributed by atoms with Gasteiger partial charge in [0.05, 0.1) is 67.8 Å². The molecule has 3 aliphatic rings. The number of hydrogen-bond donors (Lipinski definition) is 2. The SMILES string of the molecule is C#CC(C)(C)C(F)(F)F.Cc1nnc2nc(N3CCOc4c(Br)cccc43)c3cc(F)ccc3n12.Cc1nnc2nc(N3CCOc4c(C#CC(C)(C)C(F)(F)F)cccc43)c3cc(F)ccc3n12.NNc1nc(N2CCOc3c(Br)cccc32)c2cc(F)ccc2n1. The summed E-state index contributed by atoms with van der Waals surface area (Å²) in [6, 6.07) is 30.1. The molecule has 478 valence electrons. The molecular weight excluding hydrogens is 1360 g/mol. The highest BCUT2D eigenvalue weighted by molar-refractivity contribution is 9.11. The molecule has 0 bridgehead atoms. The summed E-state index contributed by atoms with van der Waals surface area (Å²) in [5, 5.41) is 18.3. The van der Waals surface area contributed by atoms with Gasteiger partial charge in [0.1, 0.15) is 77.2 Å². The minimum atomic E-state index is -4.47. The molecule has 6 aromatic carbocycles. The van der Waals surface area contributed by atoms with Gasteiger partial charge >= 0.3 is 12.4 Å². The van der Waals surface area contributed by atoms with Gasteiger partial charge in [0, 0.05) is 16.2 Å². The number of alkyl halides is 6. The summed E-state index contributed by atoms with van der Waals surface area (Å²) < 4.78 is 140. The van der Waals surface area contributed by atoms with Gasteiger partial charge in [0.25, 0.3) is 11.6 Å². The topological polar surface area (TPSA) is 187 Å². The summed E-state index contributed by atoms with van der Waals surface area (Å²) >= 11 is 7.02. The standard InChI is InChI=1S/C24H19F4N5O.C18H13BrFN5O.C16H13BrFN5O.C6H7F3/c1-14-30-31-22-29-21(17-13-16(25)7-8-18(17)33(14)22)32-11-12-34-20-15(5-4-6-19(20)32)9-10-23(2,3)24(26,27)28;1-10-22-23-18-21-17(12-9-11(20)5-6-14(12)25(10)18)24-7-8-26-16-13(19)3-2-4-15(16)24;17-11-2-1-3-13-14(11)24-7-6-23(13)15-10-8-9(18)4-5-12(10)20-16(21-15)22-19;1-4-5(2,3)6(7,8)9/h4-8,13H,11-12H2,1-3H3;2-6,9H,7-8H2,1H3;1-5,8H,6-7,19H2,(H,20,21,22);1H,2-3H3. The number of fused-ring (bicyclic) bond motifs is 10. The van der Waals surface area contributed by atoms with E-state index >= 15 is 0 Å². The summed E-state index contributed by atoms with van der Waals surface area (Å²) in [6.45, 7) is 10.4. The number of nitrogens with one attached hydrogen (secondary N) is 1. The lowest BCUT2D eigenvalue weighted by molar-refractivity contribution is -0.190. The number of terminal acetylenes is 1. The van der Waals surface area contributed by atoms with Crippen molar-refractivity contribution in [3.63, 3.8) is 0 Å². The zero-order chi connectivity index (χ0) is 66.5. The summed E-state index contributed by atoms with van der Waals surface area (Å²) in [7, 11) is 0. The number of rotatable bonds is 4. The van der Waals surface area contributed by atoms with E-state index in [1.807, 2.05) is 62.4 Å². The molecule has 0 fully saturated rings. The van der Waals surface area contributed by atoms with Crippen LogP contribution in [0, 0.1) is 66.3 Å². The van der Waals surface area contributed by atoms with Gasteiger partial charge in [0.15, 0.2) is 17.2 Å². The van der Waals surface area contributed by atoms with E-state index in [2.05, 4.69) is 90.9 Å². The molecule has 0 amide bonds. The van der Waals surface area contributed by atoms with Gasteiger partial charge < -0.3 is 28.9 Å². The van der Waals surface area contributed by atoms with Crippen molar-refractivity contribution in [1.29, 1.82) is 0 Å². The quantitative estimate of drug-likeness (QED) is 0.0732. The van der Waals surface area contributed by atoms with E-state index < -0.39 is 29.0 Å². The Bertz CT molecular complexity index is 4830. The maximum Gasteiger partial charge on any atom is 0.404 e. The van der Waals surface area contributed by atoms with Crippen molar-refractivity contribution in [3.8, 4) is 41.4 Å². The molecule has 8 heterocycles. The van der Waals surface area contributed by atoms with E-state index in [0.717, 1.165) is 65.0 Å². The first-order valence-corrected chi connectivity index (χ1v) is 29.9. The van der Waals surface area contributed by atoms with E-state index in [4.69, 9.17) is 25.0 Å². The second-order valence-electron chi connectivity index (χ2n) is 22.1. The van der Waals surface area contributed by atoms with E-state index in [1.165, 1.54) is 36.4 Å². The molecule has 93 heavy (non-hydrogen) atoms. The summed E-state index contributed by atoms with van der Waals surface area (Å²) in [6.07, 6.45) is -4.14. The van der Waals surface area contributed by atoms with Gasteiger partial charge in [-0.25, -0.2) is 24.0 Å². The largest absolute Gasteiger partial charge is 0.488 e. The van der Waals surface area contributed by atoms with Gasteiger partial charge in [-0.3, -0.25) is 14.2 Å². The van der Waals surface area contributed by atoms with Crippen molar-refractivity contribution >= 4 is 117 Å². The number of anilines is 7. The van der Waals surface area contributed by atoms with Crippen LogP contribution < -0.4 is 40.2 Å². The van der Waals surface area contributed by atoms with E-state index in [-0.39, 0.29) is 24.2 Å². The third-order valence-electron chi connectivity index (χ3n) is 15.2. The predicted molar refractivity (Wildman–Crippen MR) is 341 cm³/mol. The Morgan fingerprint density at radius 3 is 1.39 bits per heavy atom. The second kappa shape index (κ2) is 25.4. The van der Waals surface area contributed by atoms with Gasteiger partial charge in [0.2, 0.25) is 5.95 Å². The lowest BCUT2D eigenvalue weighted by Crippen LogP contribution is -2.31. The molecule has 0 saturated heterocycles. The fourth-order valence-electron chi connectivity index (χ4n) is 10.1. The number of aromatic nitrogens is 10. The third-order valence-corrected chi connectivity index (χ3v) is 16.4. The highest BCUT2D eigenvalue weighted by Gasteiger charge is 2.47. The average molecular weight is 1410 g/mol. The Labute approximate surface area is 541 Å². The number of nitrogens with zero attached hydrogens (tertiary/aromatic N) is 13. The van der Waals surface area contributed by atoms with Crippen molar-refractivity contribution in [3.05, 3.63) is 153 Å². The molecule has 29 heteroatoms. The molecule has 3 N–H and O–H groups in total. The molecule has 5 aromatic heterocycles. The van der Waals surface area contributed by atoms with Gasteiger partial charge in [-0.05, 0) is 164 Å². The molecule has 18 nitrogen and oxygen atoms in total. The minimum Gasteiger partial charge on any atom is -0.488 e. The predicted octanol–water partition coefficient (Wildman–Crippen LogP) is 14.8. The highest BCUT2D eigenvalue weighted by Crippen LogP contribution is 2.46. The van der Waals surface area contributed by atoms with Crippen molar-refractivity contribution in [2.45, 2.75) is 53.9 Å². The van der Waals surface area contributed by atoms with Crippen LogP contribution in [0.25, 0.3) is 44.3 Å². The van der Waals surface area contributed by atoms with Crippen molar-refractivity contribution in [1.82, 2.24) is 49.1 Å². The van der Waals surface area contributed by atoms with Crippen LogP contribution in [-0.4, -0.2) is 101 Å². The lowest BCUT2D eigenvalue weighted by atomic mass is 9.93. The van der Waals surface area contributed by atoms with Crippen LogP contribution in [0.3, 0.4) is 0 Å². The number of halogens is 11. The lowest BCUT2D eigenvalue weighted by Gasteiger charge is -2.31. The molecule has 0 radical (unpaired) electrons. The van der Waals surface area contributed by atoms with E-state index in [9.17, 15) is 39.5 Å². The maximum atomic E-state index is 14.3. The Hall–Kier alpha value is -9.71. The average Bonchev–Trinajstić information content (AvgIpc) is 1.74. The van der Waals surface area contributed by atoms with Crippen LogP contribution in [-0.2, 0) is 0 Å². The van der Waals surface area contributed by atoms with Crippen molar-refractivity contribution < 1.29 is 53.7 Å². The minimum absolute atomic E-state index is 0.240. The number of benzene rings is 6. The molecule has 0 spiro atoms. The first-order valence-electron chi connectivity index (χ1n) is 28.3. The maximum absolute atomic E-state index is 14.3. The second-order valence-corrected chi connectivity index (χ2v) is 23.8. The monoisotopic (exact) mass is 1410 g/mol. The smallest absolute Gasteiger partial charge is 0.404 e. The Kier molecular flexibility index (Phi) is 17.7. The summed E-state index contributed by atoms with van der Waals surface area (Å²) in [5.41, 5.74) is 3.02. The fraction of sp³-hybridized carbons (Fsp3) is 0.250. The van der Waals surface area contributed by atoms with Crippen LogP contribution in [0.5, 0.6) is 17.2 Å². The van der Waals surface area contributed by atoms with Crippen LogP contribution >= 0.6 is 31.9 Å². The van der Waals surface area contributed by atoms with Crippen molar-refractivity contribution in [2.24, 2.45) is 16.7 Å².